The third-order valence-corrected chi connectivity index (χ3v) is 2.57. The number of halogens is 1. The van der Waals surface area contributed by atoms with Gasteiger partial charge < -0.3 is 5.32 Å². The highest BCUT2D eigenvalue weighted by molar-refractivity contribution is 9.10. The molecule has 70 valence electrons. The van der Waals surface area contributed by atoms with Crippen molar-refractivity contribution in [2.75, 3.05) is 0 Å². The standard InChI is InChI=1S/C10H12BrNS/c1-7(2)12-10(13)8-5-3-4-6-9(8)11/h3-7H,1-2H3,(H,12,13). The van der Waals surface area contributed by atoms with Crippen molar-refractivity contribution in [3.63, 3.8) is 0 Å². The Morgan fingerprint density at radius 1 is 1.38 bits per heavy atom. The van der Waals surface area contributed by atoms with E-state index in [0.717, 1.165) is 15.0 Å². The largest absolute Gasteiger partial charge is 0.374 e. The summed E-state index contributed by atoms with van der Waals surface area (Å²) < 4.78 is 1.04. The van der Waals surface area contributed by atoms with Crippen molar-refractivity contribution in [3.8, 4) is 0 Å². The lowest BCUT2D eigenvalue weighted by Crippen LogP contribution is -2.29. The highest BCUT2D eigenvalue weighted by Crippen LogP contribution is 2.16. The van der Waals surface area contributed by atoms with Crippen molar-refractivity contribution in [3.05, 3.63) is 34.3 Å². The molecule has 0 aliphatic heterocycles. The number of rotatable bonds is 2. The van der Waals surface area contributed by atoms with E-state index >= 15 is 0 Å². The zero-order chi connectivity index (χ0) is 9.84. The van der Waals surface area contributed by atoms with Crippen LogP contribution in [0, 0.1) is 0 Å². The Kier molecular flexibility index (Phi) is 3.88. The zero-order valence-corrected chi connectivity index (χ0v) is 10.1. The lowest BCUT2D eigenvalue weighted by Gasteiger charge is -2.12. The van der Waals surface area contributed by atoms with Crippen LogP contribution in [0.1, 0.15) is 19.4 Å². The maximum Gasteiger partial charge on any atom is 0.107 e. The van der Waals surface area contributed by atoms with Crippen molar-refractivity contribution >= 4 is 33.1 Å². The van der Waals surface area contributed by atoms with E-state index in [0.29, 0.717) is 6.04 Å². The Bertz CT molecular complexity index is 310. The Labute approximate surface area is 92.7 Å². The Balaban J connectivity index is 2.83. The van der Waals surface area contributed by atoms with Crippen LogP contribution in [0.25, 0.3) is 0 Å². The van der Waals surface area contributed by atoms with Gasteiger partial charge in [-0.25, -0.2) is 0 Å². The average molecular weight is 258 g/mol. The van der Waals surface area contributed by atoms with Gasteiger partial charge in [0.25, 0.3) is 0 Å². The molecule has 0 saturated carbocycles. The first-order valence-corrected chi connectivity index (χ1v) is 5.37. The molecular weight excluding hydrogens is 246 g/mol. The minimum absolute atomic E-state index is 0.375. The van der Waals surface area contributed by atoms with Gasteiger partial charge in [0.1, 0.15) is 4.99 Å². The molecule has 0 saturated heterocycles. The Morgan fingerprint density at radius 3 is 2.54 bits per heavy atom. The first-order valence-electron chi connectivity index (χ1n) is 4.16. The second kappa shape index (κ2) is 4.72. The topological polar surface area (TPSA) is 12.0 Å². The van der Waals surface area contributed by atoms with Crippen molar-refractivity contribution in [2.45, 2.75) is 19.9 Å². The highest BCUT2D eigenvalue weighted by atomic mass is 79.9. The summed E-state index contributed by atoms with van der Waals surface area (Å²) in [7, 11) is 0. The van der Waals surface area contributed by atoms with Crippen LogP contribution in [0.5, 0.6) is 0 Å². The maximum absolute atomic E-state index is 5.24. The summed E-state index contributed by atoms with van der Waals surface area (Å²) in [6, 6.07) is 8.32. The van der Waals surface area contributed by atoms with Gasteiger partial charge in [0.15, 0.2) is 0 Å². The summed E-state index contributed by atoms with van der Waals surface area (Å²) in [6.07, 6.45) is 0. The van der Waals surface area contributed by atoms with Crippen LogP contribution in [-0.4, -0.2) is 11.0 Å². The van der Waals surface area contributed by atoms with Crippen molar-refractivity contribution in [1.29, 1.82) is 0 Å². The first-order chi connectivity index (χ1) is 6.11. The number of benzene rings is 1. The molecule has 0 amide bonds. The molecule has 1 aromatic carbocycles. The molecule has 0 atom stereocenters. The van der Waals surface area contributed by atoms with Gasteiger partial charge in [0.05, 0.1) is 0 Å². The van der Waals surface area contributed by atoms with Crippen LogP contribution >= 0.6 is 28.1 Å². The Hall–Kier alpha value is -0.410. The molecule has 3 heteroatoms. The molecule has 13 heavy (non-hydrogen) atoms. The van der Waals surface area contributed by atoms with Crippen LogP contribution in [0.3, 0.4) is 0 Å². The Morgan fingerprint density at radius 2 is 2.00 bits per heavy atom. The predicted molar refractivity (Wildman–Crippen MR) is 64.1 cm³/mol. The van der Waals surface area contributed by atoms with E-state index in [1.807, 2.05) is 24.3 Å². The molecule has 0 spiro atoms. The summed E-state index contributed by atoms with van der Waals surface area (Å²) in [6.45, 7) is 4.15. The highest BCUT2D eigenvalue weighted by Gasteiger charge is 2.05. The van der Waals surface area contributed by atoms with Crippen LogP contribution < -0.4 is 5.32 Å². The molecular formula is C10H12BrNS. The minimum atomic E-state index is 0.375. The smallest absolute Gasteiger partial charge is 0.107 e. The van der Waals surface area contributed by atoms with E-state index in [2.05, 4.69) is 35.1 Å². The molecule has 1 nitrogen and oxygen atoms in total. The van der Waals surface area contributed by atoms with Crippen LogP contribution in [0.2, 0.25) is 0 Å². The molecule has 1 rings (SSSR count). The number of thiocarbonyl (C=S) groups is 1. The monoisotopic (exact) mass is 257 g/mol. The lowest BCUT2D eigenvalue weighted by molar-refractivity contribution is 0.740. The molecule has 0 aliphatic carbocycles. The molecule has 0 fully saturated rings. The quantitative estimate of drug-likeness (QED) is 0.818. The van der Waals surface area contributed by atoms with Gasteiger partial charge in [0, 0.05) is 16.1 Å². The molecule has 0 aliphatic rings. The number of hydrogen-bond donors (Lipinski definition) is 1. The van der Waals surface area contributed by atoms with Gasteiger partial charge in [-0.15, -0.1) is 0 Å². The van der Waals surface area contributed by atoms with Crippen LogP contribution in [0.15, 0.2) is 28.7 Å². The van der Waals surface area contributed by atoms with E-state index < -0.39 is 0 Å². The van der Waals surface area contributed by atoms with E-state index in [4.69, 9.17) is 12.2 Å². The van der Waals surface area contributed by atoms with Gasteiger partial charge in [0.2, 0.25) is 0 Å². The number of hydrogen-bond acceptors (Lipinski definition) is 1. The van der Waals surface area contributed by atoms with Crippen molar-refractivity contribution in [1.82, 2.24) is 5.32 Å². The van der Waals surface area contributed by atoms with Crippen LogP contribution in [-0.2, 0) is 0 Å². The fourth-order valence-corrected chi connectivity index (χ4v) is 2.01. The van der Waals surface area contributed by atoms with Gasteiger partial charge in [-0.3, -0.25) is 0 Å². The van der Waals surface area contributed by atoms with Crippen molar-refractivity contribution < 1.29 is 0 Å². The van der Waals surface area contributed by atoms with E-state index in [1.54, 1.807) is 0 Å². The van der Waals surface area contributed by atoms with E-state index in [-0.39, 0.29) is 0 Å². The number of nitrogens with one attached hydrogen (secondary N) is 1. The fraction of sp³-hybridized carbons (Fsp3) is 0.300. The first kappa shape index (κ1) is 10.7. The molecule has 0 radical (unpaired) electrons. The molecule has 0 aromatic heterocycles. The van der Waals surface area contributed by atoms with Gasteiger partial charge in [-0.2, -0.15) is 0 Å². The molecule has 1 N–H and O–H groups in total. The van der Waals surface area contributed by atoms with E-state index in [9.17, 15) is 0 Å². The average Bonchev–Trinajstić information content (AvgIpc) is 2.03. The summed E-state index contributed by atoms with van der Waals surface area (Å²) in [5.74, 6) is 0. The minimum Gasteiger partial charge on any atom is -0.374 e. The fourth-order valence-electron chi connectivity index (χ4n) is 0.985. The molecule has 0 bridgehead atoms. The van der Waals surface area contributed by atoms with Gasteiger partial charge in [-0.05, 0) is 19.9 Å². The van der Waals surface area contributed by atoms with Crippen molar-refractivity contribution in [2.24, 2.45) is 0 Å². The predicted octanol–water partition coefficient (Wildman–Crippen LogP) is 3.12. The summed E-state index contributed by atoms with van der Waals surface area (Å²) in [5, 5.41) is 3.20. The second-order valence-corrected chi connectivity index (χ2v) is 4.37. The van der Waals surface area contributed by atoms with Gasteiger partial charge in [-0.1, -0.05) is 46.3 Å². The summed E-state index contributed by atoms with van der Waals surface area (Å²) in [5.41, 5.74) is 1.05. The zero-order valence-electron chi connectivity index (χ0n) is 7.67. The SMILES string of the molecule is CC(C)NC(=S)c1ccccc1Br. The van der Waals surface area contributed by atoms with Gasteiger partial charge >= 0.3 is 0 Å². The third-order valence-electron chi connectivity index (χ3n) is 1.54. The third kappa shape index (κ3) is 3.08. The molecule has 0 heterocycles. The summed E-state index contributed by atoms with van der Waals surface area (Å²) >= 11 is 8.70. The molecule has 0 unspecified atom stereocenters. The normalized spacial score (nSPS) is 10.2. The lowest BCUT2D eigenvalue weighted by atomic mass is 10.2. The van der Waals surface area contributed by atoms with E-state index in [1.165, 1.54) is 0 Å². The summed E-state index contributed by atoms with van der Waals surface area (Å²) in [4.78, 5) is 0.794. The maximum atomic E-state index is 5.24. The second-order valence-electron chi connectivity index (χ2n) is 3.11. The molecule has 1 aromatic rings. The van der Waals surface area contributed by atoms with Crippen LogP contribution in [0.4, 0.5) is 0 Å².